The number of aromatic nitrogens is 1. The van der Waals surface area contributed by atoms with E-state index in [1.54, 1.807) is 0 Å². The van der Waals surface area contributed by atoms with Crippen molar-refractivity contribution in [2.24, 2.45) is 0 Å². The molecule has 2 heterocycles. The number of aliphatic hydroxyl groups is 1. The summed E-state index contributed by atoms with van der Waals surface area (Å²) in [6, 6.07) is 8.94. The second-order valence-corrected chi connectivity index (χ2v) is 10.5. The largest absolute Gasteiger partial charge is 0.387 e. The molecule has 5 heteroatoms. The molecule has 0 spiro atoms. The highest BCUT2D eigenvalue weighted by molar-refractivity contribution is 5.95. The molecule has 1 amide bonds. The molecule has 2 aliphatic carbocycles. The van der Waals surface area contributed by atoms with Crippen LogP contribution in [0.5, 0.6) is 0 Å². The molecule has 0 radical (unpaired) electrons. The van der Waals surface area contributed by atoms with E-state index in [2.05, 4.69) is 62.3 Å². The van der Waals surface area contributed by atoms with E-state index < -0.39 is 5.60 Å². The monoisotopic (exact) mass is 421 g/mol. The Morgan fingerprint density at radius 1 is 1.16 bits per heavy atom. The van der Waals surface area contributed by atoms with Crippen LogP contribution < -0.4 is 5.32 Å². The van der Waals surface area contributed by atoms with Gasteiger partial charge in [0.25, 0.3) is 5.91 Å². The van der Waals surface area contributed by atoms with Crippen LogP contribution in [0, 0.1) is 6.92 Å². The van der Waals surface area contributed by atoms with Crippen molar-refractivity contribution >= 4 is 5.91 Å². The summed E-state index contributed by atoms with van der Waals surface area (Å²) in [6.07, 6.45) is 3.11. The van der Waals surface area contributed by atoms with Crippen molar-refractivity contribution in [3.63, 3.8) is 0 Å². The van der Waals surface area contributed by atoms with E-state index in [4.69, 9.17) is 0 Å². The Morgan fingerprint density at radius 3 is 2.58 bits per heavy atom. The number of hydrogen-bond donors (Lipinski definition) is 3. The standard InChI is InChI=1S/C26H35N3O2/c1-15(2)29(16(3)4)24(30)23-17(5)19-13-26(31)22-12-18-8-6-7-9-20(18)25(26,10-11-27-22)14-21(19)28-23/h6-9,15-16,22,27-28,31H,10-14H2,1-5H3/t22-,25-,26-/m1/s1. The van der Waals surface area contributed by atoms with Crippen molar-refractivity contribution in [1.29, 1.82) is 0 Å². The molecule has 31 heavy (non-hydrogen) atoms. The number of amides is 1. The highest BCUT2D eigenvalue weighted by Crippen LogP contribution is 2.55. The maximum Gasteiger partial charge on any atom is 0.271 e. The highest BCUT2D eigenvalue weighted by atomic mass is 16.3. The van der Waals surface area contributed by atoms with Gasteiger partial charge in [-0.15, -0.1) is 0 Å². The lowest BCUT2D eigenvalue weighted by Gasteiger charge is -2.60. The quantitative estimate of drug-likeness (QED) is 0.713. The number of aromatic amines is 1. The topological polar surface area (TPSA) is 68.4 Å². The van der Waals surface area contributed by atoms with Crippen molar-refractivity contribution < 1.29 is 9.90 Å². The first-order valence-electron chi connectivity index (χ1n) is 11.8. The zero-order valence-corrected chi connectivity index (χ0v) is 19.4. The van der Waals surface area contributed by atoms with Crippen LogP contribution in [-0.2, 0) is 24.7 Å². The molecule has 1 fully saturated rings. The predicted molar refractivity (Wildman–Crippen MR) is 123 cm³/mol. The van der Waals surface area contributed by atoms with E-state index >= 15 is 0 Å². The number of rotatable bonds is 3. The van der Waals surface area contributed by atoms with Crippen molar-refractivity contribution in [3.05, 3.63) is 57.9 Å². The van der Waals surface area contributed by atoms with Crippen molar-refractivity contribution in [2.45, 2.75) is 89.4 Å². The highest BCUT2D eigenvalue weighted by Gasteiger charge is 2.63. The number of fused-ring (bicyclic) bond motifs is 2. The summed E-state index contributed by atoms with van der Waals surface area (Å²) in [6.45, 7) is 11.2. The van der Waals surface area contributed by atoms with Gasteiger partial charge in [0, 0.05) is 42.1 Å². The summed E-state index contributed by atoms with van der Waals surface area (Å²) in [5, 5.41) is 15.9. The zero-order chi connectivity index (χ0) is 22.1. The van der Waals surface area contributed by atoms with E-state index in [9.17, 15) is 9.90 Å². The van der Waals surface area contributed by atoms with Gasteiger partial charge in [0.05, 0.1) is 5.60 Å². The van der Waals surface area contributed by atoms with E-state index in [-0.39, 0.29) is 29.4 Å². The minimum absolute atomic E-state index is 0.0422. The third-order valence-electron chi connectivity index (χ3n) is 8.26. The Labute approximate surface area is 185 Å². The van der Waals surface area contributed by atoms with Gasteiger partial charge >= 0.3 is 0 Å². The van der Waals surface area contributed by atoms with Crippen LogP contribution in [-0.4, -0.2) is 51.2 Å². The van der Waals surface area contributed by atoms with E-state index in [1.165, 1.54) is 11.1 Å². The van der Waals surface area contributed by atoms with E-state index in [0.29, 0.717) is 12.1 Å². The van der Waals surface area contributed by atoms with Crippen molar-refractivity contribution in [1.82, 2.24) is 15.2 Å². The Balaban J connectivity index is 1.63. The molecule has 1 aromatic heterocycles. The van der Waals surface area contributed by atoms with Gasteiger partial charge in [-0.25, -0.2) is 0 Å². The number of piperidine rings is 1. The molecule has 1 aromatic carbocycles. The maximum absolute atomic E-state index is 13.5. The van der Waals surface area contributed by atoms with Crippen LogP contribution in [0.25, 0.3) is 0 Å². The summed E-state index contributed by atoms with van der Waals surface area (Å²) in [7, 11) is 0. The van der Waals surface area contributed by atoms with Crippen LogP contribution in [0.4, 0.5) is 0 Å². The van der Waals surface area contributed by atoms with E-state index in [1.807, 2.05) is 11.8 Å². The summed E-state index contributed by atoms with van der Waals surface area (Å²) >= 11 is 0. The fourth-order valence-electron chi connectivity index (χ4n) is 6.87. The van der Waals surface area contributed by atoms with Crippen LogP contribution >= 0.6 is 0 Å². The molecule has 3 N–H and O–H groups in total. The number of carbonyl (C=O) groups is 1. The molecule has 5 nitrogen and oxygen atoms in total. The van der Waals surface area contributed by atoms with Crippen LogP contribution in [0.15, 0.2) is 24.3 Å². The van der Waals surface area contributed by atoms with Crippen LogP contribution in [0.1, 0.15) is 72.6 Å². The lowest BCUT2D eigenvalue weighted by Crippen LogP contribution is -2.73. The molecule has 2 bridgehead atoms. The average molecular weight is 422 g/mol. The number of H-pyrrole nitrogens is 1. The SMILES string of the molecule is Cc1c(C(=O)N(C(C)C)C(C)C)[nH]c2c1C[C@@]1(O)[C@H]3Cc4ccccc4[C@@]1(CCN3)C2. The van der Waals surface area contributed by atoms with Crippen LogP contribution in [0.2, 0.25) is 0 Å². The zero-order valence-electron chi connectivity index (χ0n) is 19.4. The Morgan fingerprint density at radius 2 is 1.87 bits per heavy atom. The van der Waals surface area contributed by atoms with Gasteiger partial charge in [-0.3, -0.25) is 4.79 Å². The summed E-state index contributed by atoms with van der Waals surface area (Å²) < 4.78 is 0. The Bertz CT molecular complexity index is 1030. The lowest BCUT2D eigenvalue weighted by atomic mass is 9.50. The molecule has 0 unspecified atom stereocenters. The molecule has 1 aliphatic heterocycles. The number of nitrogens with one attached hydrogen (secondary N) is 2. The third-order valence-corrected chi connectivity index (χ3v) is 8.26. The molecule has 0 saturated carbocycles. The van der Waals surface area contributed by atoms with E-state index in [0.717, 1.165) is 42.6 Å². The number of hydrogen-bond acceptors (Lipinski definition) is 3. The van der Waals surface area contributed by atoms with Gasteiger partial charge in [-0.05, 0) is 76.3 Å². The fourth-order valence-corrected chi connectivity index (χ4v) is 6.87. The molecule has 3 atom stereocenters. The first kappa shape index (κ1) is 20.8. The van der Waals surface area contributed by atoms with Gasteiger partial charge in [-0.2, -0.15) is 0 Å². The molecular formula is C26H35N3O2. The molecule has 1 saturated heterocycles. The normalized spacial score (nSPS) is 28.8. The Kier molecular flexibility index (Phi) is 4.65. The van der Waals surface area contributed by atoms with Gasteiger partial charge in [0.15, 0.2) is 0 Å². The first-order valence-corrected chi connectivity index (χ1v) is 11.8. The maximum atomic E-state index is 13.5. The second kappa shape index (κ2) is 6.94. The van der Waals surface area contributed by atoms with Gasteiger partial charge < -0.3 is 20.3 Å². The number of nitrogens with zero attached hydrogens (tertiary/aromatic N) is 1. The second-order valence-electron chi connectivity index (χ2n) is 10.5. The van der Waals surface area contributed by atoms with Gasteiger partial charge in [0.1, 0.15) is 5.69 Å². The molecule has 2 aromatic rings. The first-order chi connectivity index (χ1) is 14.7. The van der Waals surface area contributed by atoms with Gasteiger partial charge in [0.2, 0.25) is 0 Å². The third kappa shape index (κ3) is 2.72. The number of carbonyl (C=O) groups excluding carboxylic acids is 1. The minimum atomic E-state index is -0.838. The predicted octanol–water partition coefficient (Wildman–Crippen LogP) is 3.27. The average Bonchev–Trinajstić information content (AvgIpc) is 3.00. The van der Waals surface area contributed by atoms with Gasteiger partial charge in [-0.1, -0.05) is 24.3 Å². The minimum Gasteiger partial charge on any atom is -0.387 e. The smallest absolute Gasteiger partial charge is 0.271 e. The fraction of sp³-hybridized carbons (Fsp3) is 0.577. The molecular weight excluding hydrogens is 386 g/mol. The summed E-state index contributed by atoms with van der Waals surface area (Å²) in [5.74, 6) is 0.0610. The lowest BCUT2D eigenvalue weighted by molar-refractivity contribution is -0.106. The molecule has 3 aliphatic rings. The van der Waals surface area contributed by atoms with Crippen molar-refractivity contribution in [2.75, 3.05) is 6.54 Å². The summed E-state index contributed by atoms with van der Waals surface area (Å²) in [5.41, 5.74) is 5.48. The summed E-state index contributed by atoms with van der Waals surface area (Å²) in [4.78, 5) is 19.0. The van der Waals surface area contributed by atoms with Crippen molar-refractivity contribution in [3.8, 4) is 0 Å². The van der Waals surface area contributed by atoms with Crippen LogP contribution in [0.3, 0.4) is 0 Å². The Hall–Kier alpha value is -2.11. The molecule has 5 rings (SSSR count). The molecule has 166 valence electrons. The number of benzene rings is 1.